The third-order valence-electron chi connectivity index (χ3n) is 6.16. The zero-order valence-corrected chi connectivity index (χ0v) is 17.5. The van der Waals surface area contributed by atoms with Gasteiger partial charge in [-0.05, 0) is 29.9 Å². The SMILES string of the molecule is Cl.Cn1cc([C@H]2CNC[C@@H]2C(=O)NCC2(c3cccs3)CCCCC2)cn1. The van der Waals surface area contributed by atoms with E-state index in [1.165, 1.54) is 37.0 Å². The Morgan fingerprint density at radius 2 is 2.19 bits per heavy atom. The summed E-state index contributed by atoms with van der Waals surface area (Å²) in [5.41, 5.74) is 1.29. The highest BCUT2D eigenvalue weighted by molar-refractivity contribution is 7.10. The van der Waals surface area contributed by atoms with Crippen molar-refractivity contribution in [1.29, 1.82) is 0 Å². The van der Waals surface area contributed by atoms with E-state index in [2.05, 4.69) is 33.2 Å². The molecule has 2 aromatic rings. The quantitative estimate of drug-likeness (QED) is 0.798. The van der Waals surface area contributed by atoms with Crippen molar-refractivity contribution in [2.75, 3.05) is 19.6 Å². The van der Waals surface area contributed by atoms with Crippen molar-refractivity contribution in [3.8, 4) is 0 Å². The fourth-order valence-corrected chi connectivity index (χ4v) is 5.63. The van der Waals surface area contributed by atoms with Crippen molar-refractivity contribution in [3.05, 3.63) is 40.3 Å². The summed E-state index contributed by atoms with van der Waals surface area (Å²) in [5.74, 6) is 0.390. The first-order valence-corrected chi connectivity index (χ1v) is 10.6. The van der Waals surface area contributed by atoms with Crippen molar-refractivity contribution < 1.29 is 4.79 Å². The van der Waals surface area contributed by atoms with Crippen LogP contribution in [0.5, 0.6) is 0 Å². The smallest absolute Gasteiger partial charge is 0.225 e. The zero-order chi connectivity index (χ0) is 18.0. The van der Waals surface area contributed by atoms with Gasteiger partial charge in [0.1, 0.15) is 0 Å². The van der Waals surface area contributed by atoms with E-state index >= 15 is 0 Å². The molecule has 27 heavy (non-hydrogen) atoms. The van der Waals surface area contributed by atoms with Crippen molar-refractivity contribution in [1.82, 2.24) is 20.4 Å². The summed E-state index contributed by atoms with van der Waals surface area (Å²) in [6.07, 6.45) is 10.1. The number of hydrogen-bond acceptors (Lipinski definition) is 4. The lowest BCUT2D eigenvalue weighted by Gasteiger charge is -2.37. The number of aryl methyl sites for hydroxylation is 1. The maximum Gasteiger partial charge on any atom is 0.225 e. The number of thiophene rings is 1. The molecule has 5 nitrogen and oxygen atoms in total. The molecule has 2 N–H and O–H groups in total. The predicted molar refractivity (Wildman–Crippen MR) is 112 cm³/mol. The van der Waals surface area contributed by atoms with Gasteiger partial charge in [0.05, 0.1) is 12.1 Å². The molecule has 1 saturated carbocycles. The van der Waals surface area contributed by atoms with Gasteiger partial charge in [0.25, 0.3) is 0 Å². The summed E-state index contributed by atoms with van der Waals surface area (Å²) >= 11 is 1.84. The molecule has 2 atom stereocenters. The molecular weight excluding hydrogens is 380 g/mol. The first-order chi connectivity index (χ1) is 12.7. The molecule has 1 amide bonds. The van der Waals surface area contributed by atoms with Gasteiger partial charge in [-0.3, -0.25) is 9.48 Å². The fourth-order valence-electron chi connectivity index (χ4n) is 4.64. The van der Waals surface area contributed by atoms with Gasteiger partial charge in [-0.15, -0.1) is 23.7 Å². The summed E-state index contributed by atoms with van der Waals surface area (Å²) < 4.78 is 1.82. The minimum absolute atomic E-state index is 0. The van der Waals surface area contributed by atoms with Crippen molar-refractivity contribution >= 4 is 29.7 Å². The Morgan fingerprint density at radius 3 is 2.85 bits per heavy atom. The van der Waals surface area contributed by atoms with Crippen LogP contribution in [0.4, 0.5) is 0 Å². The minimum atomic E-state index is -0.0109. The molecule has 0 bridgehead atoms. The maximum atomic E-state index is 13.0. The molecule has 0 aromatic carbocycles. The fraction of sp³-hybridized carbons (Fsp3) is 0.600. The molecule has 0 spiro atoms. The topological polar surface area (TPSA) is 59.0 Å². The number of halogens is 1. The van der Waals surface area contributed by atoms with Crippen LogP contribution in [0.3, 0.4) is 0 Å². The van der Waals surface area contributed by atoms with E-state index in [4.69, 9.17) is 0 Å². The Morgan fingerprint density at radius 1 is 1.37 bits per heavy atom. The van der Waals surface area contributed by atoms with Gasteiger partial charge in [0.15, 0.2) is 0 Å². The molecule has 1 saturated heterocycles. The first-order valence-electron chi connectivity index (χ1n) is 9.69. The number of hydrogen-bond donors (Lipinski definition) is 2. The third-order valence-corrected chi connectivity index (χ3v) is 7.28. The Bertz CT molecular complexity index is 739. The molecule has 2 fully saturated rings. The van der Waals surface area contributed by atoms with Crippen LogP contribution >= 0.6 is 23.7 Å². The van der Waals surface area contributed by atoms with E-state index < -0.39 is 0 Å². The molecule has 2 aliphatic rings. The minimum Gasteiger partial charge on any atom is -0.355 e. The van der Waals surface area contributed by atoms with E-state index in [0.717, 1.165) is 25.2 Å². The molecule has 7 heteroatoms. The summed E-state index contributed by atoms with van der Waals surface area (Å²) in [4.78, 5) is 14.5. The molecule has 3 heterocycles. The highest BCUT2D eigenvalue weighted by Gasteiger charge is 2.38. The number of aromatic nitrogens is 2. The summed E-state index contributed by atoms with van der Waals surface area (Å²) in [7, 11) is 1.93. The van der Waals surface area contributed by atoms with Gasteiger partial charge < -0.3 is 10.6 Å². The Balaban J connectivity index is 0.00000210. The number of nitrogens with zero attached hydrogens (tertiary/aromatic N) is 2. The van der Waals surface area contributed by atoms with E-state index in [0.29, 0.717) is 0 Å². The van der Waals surface area contributed by atoms with Gasteiger partial charge >= 0.3 is 0 Å². The number of rotatable bonds is 5. The van der Waals surface area contributed by atoms with Crippen molar-refractivity contribution in [3.63, 3.8) is 0 Å². The van der Waals surface area contributed by atoms with Crippen LogP contribution in [0, 0.1) is 5.92 Å². The standard InChI is InChI=1S/C20H28N4OS.ClH/c1-24-13-15(10-23-24)16-11-21-12-17(16)19(25)22-14-20(7-3-2-4-8-20)18-6-5-9-26-18;/h5-6,9-10,13,16-17,21H,2-4,7-8,11-12,14H2,1H3,(H,22,25);1H/t16-,17+;/m1./s1. The number of carbonyl (C=O) groups excluding carboxylic acids is 1. The second-order valence-electron chi connectivity index (χ2n) is 7.85. The Hall–Kier alpha value is -1.37. The predicted octanol–water partition coefficient (Wildman–Crippen LogP) is 3.22. The summed E-state index contributed by atoms with van der Waals surface area (Å²) in [6, 6.07) is 4.38. The lowest BCUT2D eigenvalue weighted by molar-refractivity contribution is -0.125. The number of nitrogens with one attached hydrogen (secondary N) is 2. The largest absolute Gasteiger partial charge is 0.355 e. The lowest BCUT2D eigenvalue weighted by atomic mass is 9.73. The first kappa shape index (κ1) is 20.4. The van der Waals surface area contributed by atoms with Crippen LogP contribution in [0.25, 0.3) is 0 Å². The van der Waals surface area contributed by atoms with Crippen LogP contribution in [0.1, 0.15) is 48.5 Å². The van der Waals surface area contributed by atoms with Crippen LogP contribution in [-0.2, 0) is 17.3 Å². The third kappa shape index (κ3) is 4.23. The average Bonchev–Trinajstić information content (AvgIpc) is 3.41. The molecule has 4 rings (SSSR count). The maximum absolute atomic E-state index is 13.0. The van der Waals surface area contributed by atoms with E-state index in [-0.39, 0.29) is 35.6 Å². The van der Waals surface area contributed by atoms with Crippen LogP contribution in [0.2, 0.25) is 0 Å². The second kappa shape index (κ2) is 8.76. The van der Waals surface area contributed by atoms with Crippen LogP contribution in [0.15, 0.2) is 29.9 Å². The van der Waals surface area contributed by atoms with E-state index in [1.54, 1.807) is 0 Å². The molecule has 0 unspecified atom stereocenters. The van der Waals surface area contributed by atoms with Gasteiger partial charge in [0, 0.05) is 49.1 Å². The monoisotopic (exact) mass is 408 g/mol. The molecule has 1 aliphatic carbocycles. The molecule has 0 radical (unpaired) electrons. The van der Waals surface area contributed by atoms with Crippen LogP contribution in [-0.4, -0.2) is 35.3 Å². The lowest BCUT2D eigenvalue weighted by Crippen LogP contribution is -2.44. The van der Waals surface area contributed by atoms with Gasteiger partial charge in [0.2, 0.25) is 5.91 Å². The molecule has 148 valence electrons. The van der Waals surface area contributed by atoms with Crippen molar-refractivity contribution in [2.45, 2.75) is 43.4 Å². The molecule has 2 aromatic heterocycles. The number of amides is 1. The van der Waals surface area contributed by atoms with Crippen molar-refractivity contribution in [2.24, 2.45) is 13.0 Å². The highest BCUT2D eigenvalue weighted by atomic mass is 35.5. The van der Waals surface area contributed by atoms with Gasteiger partial charge in [-0.25, -0.2) is 0 Å². The highest BCUT2D eigenvalue weighted by Crippen LogP contribution is 2.41. The number of carbonyl (C=O) groups is 1. The van der Waals surface area contributed by atoms with E-state index in [9.17, 15) is 4.79 Å². The normalized spacial score (nSPS) is 24.3. The molecule has 1 aliphatic heterocycles. The summed E-state index contributed by atoms with van der Waals surface area (Å²) in [6.45, 7) is 2.36. The Labute approximate surface area is 171 Å². The Kier molecular flexibility index (Phi) is 6.61. The molecular formula is C20H29ClN4OS. The second-order valence-corrected chi connectivity index (χ2v) is 8.80. The average molecular weight is 409 g/mol. The van der Waals surface area contributed by atoms with Gasteiger partial charge in [-0.2, -0.15) is 5.10 Å². The zero-order valence-electron chi connectivity index (χ0n) is 15.8. The van der Waals surface area contributed by atoms with Crippen LogP contribution < -0.4 is 10.6 Å². The summed E-state index contributed by atoms with van der Waals surface area (Å²) in [5, 5.41) is 13.2. The van der Waals surface area contributed by atoms with E-state index in [1.807, 2.05) is 35.5 Å². The van der Waals surface area contributed by atoms with Gasteiger partial charge in [-0.1, -0.05) is 25.3 Å².